The van der Waals surface area contributed by atoms with Crippen LogP contribution in [0.3, 0.4) is 0 Å². The Balaban J connectivity index is 1.69. The largest absolute Gasteiger partial charge is 0.396 e. The minimum atomic E-state index is -0.316. The Labute approximate surface area is 184 Å². The molecule has 0 heterocycles. The van der Waals surface area contributed by atoms with E-state index >= 15 is 0 Å². The maximum Gasteiger partial charge on any atom is 0.137 e. The first kappa shape index (κ1) is 22.8. The fourth-order valence-corrected chi connectivity index (χ4v) is 9.57. The van der Waals surface area contributed by atoms with Crippen LogP contribution in [-0.2, 0) is 4.79 Å². The molecule has 3 heteroatoms. The minimum absolute atomic E-state index is 0.0253. The second-order valence-corrected chi connectivity index (χ2v) is 12.4. The maximum absolute atomic E-state index is 13.9. The molecule has 2 N–H and O–H groups in total. The minimum Gasteiger partial charge on any atom is -0.396 e. The van der Waals surface area contributed by atoms with Gasteiger partial charge in [-0.2, -0.15) is 0 Å². The number of hydrogen-bond acceptors (Lipinski definition) is 3. The standard InChI is InChI=1S/C27H46O3/c1-6-18-21-14-16(2)11-12-26(21,4)24-22(29)15-27(5)19(17(3)8-7-13-28)9-10-20(27)23(24)25(18)30/h16-21,23-25,28,30H,6-15H2,1-5H3/t16-,17-,18-,19-,20?,21+,23?,24?,25?,26+,27-/m1/s1. The lowest BCUT2D eigenvalue weighted by molar-refractivity contribution is -0.198. The number of fused-ring (bicyclic) bond motifs is 5. The van der Waals surface area contributed by atoms with Crippen LogP contribution in [0.15, 0.2) is 0 Å². The summed E-state index contributed by atoms with van der Waals surface area (Å²) in [4.78, 5) is 13.9. The average molecular weight is 419 g/mol. The zero-order valence-electron chi connectivity index (χ0n) is 20.1. The quantitative estimate of drug-likeness (QED) is 0.622. The fraction of sp³-hybridized carbons (Fsp3) is 0.963. The molecule has 4 rings (SSSR count). The third-order valence-corrected chi connectivity index (χ3v) is 10.9. The molecule has 4 unspecified atom stereocenters. The molecular weight excluding hydrogens is 372 g/mol. The zero-order chi connectivity index (χ0) is 21.8. The highest BCUT2D eigenvalue weighted by atomic mass is 16.3. The Hall–Kier alpha value is -0.410. The monoisotopic (exact) mass is 418 g/mol. The van der Waals surface area contributed by atoms with Crippen molar-refractivity contribution in [2.75, 3.05) is 6.61 Å². The van der Waals surface area contributed by atoms with E-state index in [9.17, 15) is 15.0 Å². The van der Waals surface area contributed by atoms with Crippen LogP contribution in [0, 0.1) is 58.2 Å². The molecule has 4 aliphatic rings. The van der Waals surface area contributed by atoms with Crippen molar-refractivity contribution in [3.05, 3.63) is 0 Å². The lowest BCUT2D eigenvalue weighted by atomic mass is 9.40. The number of rotatable bonds is 5. The van der Waals surface area contributed by atoms with E-state index in [0.717, 1.165) is 25.7 Å². The van der Waals surface area contributed by atoms with Gasteiger partial charge in [0.25, 0.3) is 0 Å². The molecule has 30 heavy (non-hydrogen) atoms. The number of aliphatic hydroxyl groups excluding tert-OH is 2. The number of carbonyl (C=O) groups is 1. The Morgan fingerprint density at radius 1 is 1.13 bits per heavy atom. The van der Waals surface area contributed by atoms with Crippen LogP contribution in [0.4, 0.5) is 0 Å². The van der Waals surface area contributed by atoms with Crippen molar-refractivity contribution in [3.8, 4) is 0 Å². The summed E-state index contributed by atoms with van der Waals surface area (Å²) < 4.78 is 0. The van der Waals surface area contributed by atoms with Gasteiger partial charge in [0.05, 0.1) is 6.10 Å². The van der Waals surface area contributed by atoms with Crippen LogP contribution in [0.5, 0.6) is 0 Å². The second-order valence-electron chi connectivity index (χ2n) is 12.4. The Morgan fingerprint density at radius 3 is 2.53 bits per heavy atom. The molecule has 0 bridgehead atoms. The summed E-state index contributed by atoms with van der Waals surface area (Å²) in [6.07, 6.45) is 9.27. The molecule has 3 nitrogen and oxygen atoms in total. The molecule has 0 aliphatic heterocycles. The maximum atomic E-state index is 13.9. The third-order valence-electron chi connectivity index (χ3n) is 10.9. The van der Waals surface area contributed by atoms with Crippen LogP contribution in [0.2, 0.25) is 0 Å². The van der Waals surface area contributed by atoms with Crippen LogP contribution in [0.1, 0.15) is 92.4 Å². The average Bonchev–Trinajstić information content (AvgIpc) is 3.04. The lowest BCUT2D eigenvalue weighted by Gasteiger charge is -2.64. The Bertz CT molecular complexity index is 646. The second kappa shape index (κ2) is 8.18. The van der Waals surface area contributed by atoms with Gasteiger partial charge in [-0.1, -0.05) is 47.5 Å². The van der Waals surface area contributed by atoms with Gasteiger partial charge in [-0.15, -0.1) is 0 Å². The SMILES string of the molecule is CC[C@H]1C(O)C2C3CC[C@H]([C@H](C)CCCO)[C@@]3(C)CC(=O)C2[C@@]2(C)CC[C@@H](C)C[C@@H]12. The predicted molar refractivity (Wildman–Crippen MR) is 121 cm³/mol. The molecule has 172 valence electrons. The van der Waals surface area contributed by atoms with Crippen molar-refractivity contribution in [1.29, 1.82) is 0 Å². The van der Waals surface area contributed by atoms with Crippen LogP contribution in [0.25, 0.3) is 0 Å². The van der Waals surface area contributed by atoms with Gasteiger partial charge in [-0.25, -0.2) is 0 Å². The number of carbonyl (C=O) groups excluding carboxylic acids is 1. The summed E-state index contributed by atoms with van der Waals surface area (Å²) in [5.41, 5.74) is 0.105. The zero-order valence-corrected chi connectivity index (χ0v) is 20.1. The molecule has 0 aromatic carbocycles. The number of ketones is 1. The number of hydrogen-bond donors (Lipinski definition) is 2. The van der Waals surface area contributed by atoms with Gasteiger partial charge in [0.15, 0.2) is 0 Å². The van der Waals surface area contributed by atoms with E-state index in [1.54, 1.807) is 0 Å². The van der Waals surface area contributed by atoms with Crippen molar-refractivity contribution < 1.29 is 15.0 Å². The molecule has 0 amide bonds. The molecule has 0 saturated heterocycles. The van der Waals surface area contributed by atoms with E-state index in [1.807, 2.05) is 0 Å². The summed E-state index contributed by atoms with van der Waals surface area (Å²) in [5, 5.41) is 21.1. The molecular formula is C27H46O3. The van der Waals surface area contributed by atoms with Gasteiger partial charge >= 0.3 is 0 Å². The van der Waals surface area contributed by atoms with Gasteiger partial charge in [-0.05, 0) is 90.8 Å². The van der Waals surface area contributed by atoms with Gasteiger partial charge in [0.1, 0.15) is 5.78 Å². The van der Waals surface area contributed by atoms with E-state index in [-0.39, 0.29) is 35.4 Å². The number of Topliss-reactive ketones (excluding diaryl/α,β-unsaturated/α-hetero) is 1. The van der Waals surface area contributed by atoms with Gasteiger partial charge in [0, 0.05) is 18.9 Å². The van der Waals surface area contributed by atoms with E-state index in [2.05, 4.69) is 34.6 Å². The van der Waals surface area contributed by atoms with Crippen molar-refractivity contribution in [2.24, 2.45) is 58.2 Å². The highest BCUT2D eigenvalue weighted by Crippen LogP contribution is 2.68. The Kier molecular flexibility index (Phi) is 6.21. The smallest absolute Gasteiger partial charge is 0.137 e. The lowest BCUT2D eigenvalue weighted by Crippen LogP contribution is -2.64. The van der Waals surface area contributed by atoms with Crippen molar-refractivity contribution in [1.82, 2.24) is 0 Å². The third kappa shape index (κ3) is 3.24. The van der Waals surface area contributed by atoms with E-state index < -0.39 is 0 Å². The molecule has 4 fully saturated rings. The molecule has 0 aromatic heterocycles. The summed E-state index contributed by atoms with van der Waals surface area (Å²) in [6.45, 7) is 12.0. The van der Waals surface area contributed by atoms with Crippen LogP contribution >= 0.6 is 0 Å². The normalized spacial score (nSPS) is 51.8. The van der Waals surface area contributed by atoms with Crippen LogP contribution in [-0.4, -0.2) is 28.7 Å². The molecule has 0 spiro atoms. The molecule has 0 radical (unpaired) electrons. The fourth-order valence-electron chi connectivity index (χ4n) is 9.57. The van der Waals surface area contributed by atoms with Gasteiger partial charge in [-0.3, -0.25) is 4.79 Å². The predicted octanol–water partition coefficient (Wildman–Crippen LogP) is 5.48. The van der Waals surface area contributed by atoms with Crippen LogP contribution < -0.4 is 0 Å². The molecule has 4 aliphatic carbocycles. The van der Waals surface area contributed by atoms with Crippen molar-refractivity contribution in [3.63, 3.8) is 0 Å². The summed E-state index contributed by atoms with van der Waals surface area (Å²) in [6, 6.07) is 0. The van der Waals surface area contributed by atoms with Crippen molar-refractivity contribution >= 4 is 5.78 Å². The van der Waals surface area contributed by atoms with E-state index in [0.29, 0.717) is 47.7 Å². The Morgan fingerprint density at radius 2 is 1.87 bits per heavy atom. The first-order valence-corrected chi connectivity index (χ1v) is 13.0. The molecule has 0 aromatic rings. The molecule has 4 saturated carbocycles. The number of aliphatic hydroxyl groups is 2. The van der Waals surface area contributed by atoms with E-state index in [1.165, 1.54) is 25.7 Å². The van der Waals surface area contributed by atoms with Gasteiger partial charge < -0.3 is 10.2 Å². The highest BCUT2D eigenvalue weighted by molar-refractivity contribution is 5.84. The summed E-state index contributed by atoms with van der Waals surface area (Å²) >= 11 is 0. The van der Waals surface area contributed by atoms with Gasteiger partial charge in [0.2, 0.25) is 0 Å². The van der Waals surface area contributed by atoms with E-state index in [4.69, 9.17) is 0 Å². The van der Waals surface area contributed by atoms with Crippen molar-refractivity contribution in [2.45, 2.75) is 98.5 Å². The molecule has 11 atom stereocenters. The first-order chi connectivity index (χ1) is 14.2. The topological polar surface area (TPSA) is 57.5 Å². The highest BCUT2D eigenvalue weighted by Gasteiger charge is 2.67. The first-order valence-electron chi connectivity index (χ1n) is 13.0. The summed E-state index contributed by atoms with van der Waals surface area (Å²) in [7, 11) is 0. The summed E-state index contributed by atoms with van der Waals surface area (Å²) in [5.74, 6) is 3.81.